The number of esters is 2. The molecule has 0 N–H and O–H groups in total. The predicted octanol–water partition coefficient (Wildman–Crippen LogP) is 5.45. The number of aromatic nitrogens is 1. The average Bonchev–Trinajstić information content (AvgIpc) is 3.04. The number of cyclic esters (lactones) is 2. The summed E-state index contributed by atoms with van der Waals surface area (Å²) >= 11 is 4.98. The molecule has 2 atom stereocenters. The fraction of sp³-hybridized carbons (Fsp3) is 0.500. The third-order valence-corrected chi connectivity index (χ3v) is 5.46. The molecule has 0 spiro atoms. The van der Waals surface area contributed by atoms with E-state index in [-0.39, 0.29) is 18.2 Å². The Morgan fingerprint density at radius 1 is 1.24 bits per heavy atom. The van der Waals surface area contributed by atoms with Crippen LogP contribution < -0.4 is 0 Å². The number of carbonyl (C=O) groups is 2. The molecule has 7 heteroatoms. The minimum absolute atomic E-state index is 0.166. The maximum absolute atomic E-state index is 12.2. The van der Waals surface area contributed by atoms with Crippen molar-refractivity contribution in [2.75, 3.05) is 0 Å². The van der Waals surface area contributed by atoms with Gasteiger partial charge in [-0.3, -0.25) is 4.79 Å². The molecule has 1 aromatic heterocycles. The standard InChI is InChI=1S/C22H28BrNO4S/c1-15-7-6-10-22(26)28-19(12-16(2)23)13-20-24-18(14-29-20)8-4-5-9-21(25)27-17(3)11-15/h6-7,10,12,14,17,19H,4-5,8-9,11,13H2,1-3H3/b10-6-,15-7+,16-12+/t17-,19+/m0/s1. The topological polar surface area (TPSA) is 65.5 Å². The lowest BCUT2D eigenvalue weighted by atomic mass is 10.1. The van der Waals surface area contributed by atoms with E-state index in [1.807, 2.05) is 38.3 Å². The van der Waals surface area contributed by atoms with Crippen molar-refractivity contribution in [2.45, 2.75) is 71.5 Å². The summed E-state index contributed by atoms with van der Waals surface area (Å²) in [6.07, 6.45) is 10.3. The van der Waals surface area contributed by atoms with Crippen molar-refractivity contribution in [1.29, 1.82) is 0 Å². The molecule has 29 heavy (non-hydrogen) atoms. The van der Waals surface area contributed by atoms with E-state index in [1.165, 1.54) is 6.08 Å². The molecule has 0 unspecified atom stereocenters. The van der Waals surface area contributed by atoms with Gasteiger partial charge in [0.15, 0.2) is 0 Å². The summed E-state index contributed by atoms with van der Waals surface area (Å²) in [5.74, 6) is -0.570. The molecule has 0 saturated carbocycles. The smallest absolute Gasteiger partial charge is 0.331 e. The molecule has 0 amide bonds. The lowest BCUT2D eigenvalue weighted by Crippen LogP contribution is -2.17. The summed E-state index contributed by atoms with van der Waals surface area (Å²) in [6, 6.07) is 0. The van der Waals surface area contributed by atoms with E-state index in [4.69, 9.17) is 9.47 Å². The molecule has 2 bridgehead atoms. The fourth-order valence-corrected chi connectivity index (χ4v) is 4.19. The van der Waals surface area contributed by atoms with Gasteiger partial charge >= 0.3 is 11.9 Å². The van der Waals surface area contributed by atoms with E-state index in [2.05, 4.69) is 20.9 Å². The first-order valence-electron chi connectivity index (χ1n) is 9.83. The zero-order valence-electron chi connectivity index (χ0n) is 17.2. The van der Waals surface area contributed by atoms with Crippen LogP contribution in [-0.4, -0.2) is 29.1 Å². The molecule has 2 rings (SSSR count). The lowest BCUT2D eigenvalue weighted by molar-refractivity contribution is -0.148. The summed E-state index contributed by atoms with van der Waals surface area (Å²) in [5.41, 5.74) is 2.03. The number of hydrogen-bond donors (Lipinski definition) is 0. The Bertz CT molecular complexity index is 792. The Balaban J connectivity index is 2.16. The van der Waals surface area contributed by atoms with Crippen LogP contribution in [0, 0.1) is 0 Å². The zero-order chi connectivity index (χ0) is 21.2. The van der Waals surface area contributed by atoms with Gasteiger partial charge in [-0.1, -0.05) is 33.7 Å². The van der Waals surface area contributed by atoms with Gasteiger partial charge in [0, 0.05) is 30.7 Å². The number of ether oxygens (including phenoxy) is 2. The van der Waals surface area contributed by atoms with Crippen molar-refractivity contribution in [3.05, 3.63) is 50.4 Å². The molecule has 2 heterocycles. The number of fused-ring (bicyclic) bond motifs is 2. The van der Waals surface area contributed by atoms with E-state index in [9.17, 15) is 9.59 Å². The molecule has 0 saturated heterocycles. The van der Waals surface area contributed by atoms with Gasteiger partial charge in [0.25, 0.3) is 0 Å². The Kier molecular flexibility index (Phi) is 9.81. The van der Waals surface area contributed by atoms with Crippen molar-refractivity contribution in [2.24, 2.45) is 0 Å². The minimum atomic E-state index is -0.404. The normalized spacial score (nSPS) is 26.2. The van der Waals surface area contributed by atoms with E-state index in [0.29, 0.717) is 19.3 Å². The van der Waals surface area contributed by atoms with Crippen molar-refractivity contribution in [1.82, 2.24) is 4.98 Å². The summed E-state index contributed by atoms with van der Waals surface area (Å²) < 4.78 is 12.0. The van der Waals surface area contributed by atoms with Crippen molar-refractivity contribution < 1.29 is 19.1 Å². The van der Waals surface area contributed by atoms with Gasteiger partial charge in [0.1, 0.15) is 12.2 Å². The van der Waals surface area contributed by atoms with Crippen molar-refractivity contribution >= 4 is 39.2 Å². The first kappa shape index (κ1) is 23.5. The van der Waals surface area contributed by atoms with Crippen LogP contribution >= 0.6 is 27.3 Å². The van der Waals surface area contributed by atoms with Crippen LogP contribution in [-0.2, 0) is 31.9 Å². The largest absolute Gasteiger partial charge is 0.462 e. The van der Waals surface area contributed by atoms with Crippen molar-refractivity contribution in [3.8, 4) is 0 Å². The van der Waals surface area contributed by atoms with E-state index in [0.717, 1.165) is 40.0 Å². The average molecular weight is 482 g/mol. The van der Waals surface area contributed by atoms with Crippen LogP contribution in [0.15, 0.2) is 39.7 Å². The van der Waals surface area contributed by atoms with E-state index >= 15 is 0 Å². The maximum Gasteiger partial charge on any atom is 0.331 e. The summed E-state index contributed by atoms with van der Waals surface area (Å²) in [7, 11) is 0. The molecule has 1 aliphatic rings. The van der Waals surface area contributed by atoms with Crippen LogP contribution in [0.1, 0.15) is 57.2 Å². The Hall–Kier alpha value is -1.73. The number of aryl methyl sites for hydroxylation is 1. The third-order valence-electron chi connectivity index (χ3n) is 4.28. The second kappa shape index (κ2) is 12.1. The predicted molar refractivity (Wildman–Crippen MR) is 119 cm³/mol. The Labute approximate surface area is 185 Å². The van der Waals surface area contributed by atoms with E-state index in [1.54, 1.807) is 17.4 Å². The van der Waals surface area contributed by atoms with Crippen LogP contribution in [0.3, 0.4) is 0 Å². The molecule has 0 aromatic carbocycles. The molecular formula is C22H28BrNO4S. The van der Waals surface area contributed by atoms with Crippen LogP contribution in [0.2, 0.25) is 0 Å². The third kappa shape index (κ3) is 9.54. The summed E-state index contributed by atoms with van der Waals surface area (Å²) in [5, 5.41) is 2.96. The monoisotopic (exact) mass is 481 g/mol. The highest BCUT2D eigenvalue weighted by Crippen LogP contribution is 2.18. The Morgan fingerprint density at radius 2 is 2.00 bits per heavy atom. The molecule has 1 aromatic rings. The SMILES string of the molecule is C/C(Br)=C\[C@@H]1Cc2nc(cs2)CCCCC(=O)O[C@@H](C)C/C(C)=C/C=C\C(=O)O1. The van der Waals surface area contributed by atoms with Gasteiger partial charge in [0.05, 0.1) is 10.7 Å². The maximum atomic E-state index is 12.2. The number of nitrogens with zero attached hydrogens (tertiary/aromatic N) is 1. The number of carbonyl (C=O) groups excluding carboxylic acids is 2. The number of hydrogen-bond acceptors (Lipinski definition) is 6. The molecule has 158 valence electrons. The fourth-order valence-electron chi connectivity index (χ4n) is 3.02. The summed E-state index contributed by atoms with van der Waals surface area (Å²) in [6.45, 7) is 5.73. The number of allylic oxidation sites excluding steroid dienone is 3. The molecule has 1 aliphatic heterocycles. The zero-order valence-corrected chi connectivity index (χ0v) is 19.6. The van der Waals surface area contributed by atoms with Gasteiger partial charge in [0.2, 0.25) is 0 Å². The second-order valence-corrected chi connectivity index (χ2v) is 9.44. The highest BCUT2D eigenvalue weighted by Gasteiger charge is 2.15. The van der Waals surface area contributed by atoms with Gasteiger partial charge in [-0.2, -0.15) is 0 Å². The highest BCUT2D eigenvalue weighted by atomic mass is 79.9. The van der Waals surface area contributed by atoms with Crippen molar-refractivity contribution in [3.63, 3.8) is 0 Å². The number of halogens is 1. The second-order valence-electron chi connectivity index (χ2n) is 7.25. The first-order chi connectivity index (χ1) is 13.8. The molecule has 0 fully saturated rings. The molecule has 0 aliphatic carbocycles. The van der Waals surface area contributed by atoms with Crippen LogP contribution in [0.25, 0.3) is 0 Å². The van der Waals surface area contributed by atoms with Gasteiger partial charge in [-0.25, -0.2) is 9.78 Å². The number of thiazole rings is 1. The minimum Gasteiger partial charge on any atom is -0.462 e. The highest BCUT2D eigenvalue weighted by molar-refractivity contribution is 9.11. The quantitative estimate of drug-likeness (QED) is 0.499. The summed E-state index contributed by atoms with van der Waals surface area (Å²) in [4.78, 5) is 28.9. The van der Waals surface area contributed by atoms with Gasteiger partial charge in [-0.15, -0.1) is 11.3 Å². The first-order valence-corrected chi connectivity index (χ1v) is 11.5. The van der Waals surface area contributed by atoms with Crippen LogP contribution in [0.5, 0.6) is 0 Å². The van der Waals surface area contributed by atoms with Gasteiger partial charge in [-0.05, 0) is 50.6 Å². The number of rotatable bonds is 1. The molecule has 5 nitrogen and oxygen atoms in total. The van der Waals surface area contributed by atoms with Crippen LogP contribution in [0.4, 0.5) is 0 Å². The van der Waals surface area contributed by atoms with E-state index < -0.39 is 5.97 Å². The van der Waals surface area contributed by atoms with Gasteiger partial charge < -0.3 is 9.47 Å². The lowest BCUT2D eigenvalue weighted by Gasteiger charge is -2.13. The molecule has 0 radical (unpaired) electrons. The Morgan fingerprint density at radius 3 is 2.76 bits per heavy atom. The molecular weight excluding hydrogens is 454 g/mol.